The van der Waals surface area contributed by atoms with Crippen molar-refractivity contribution in [2.24, 2.45) is 0 Å². The number of carbonyl (C=O) groups excluding carboxylic acids is 1. The number of hydrogen-bond acceptors (Lipinski definition) is 5. The van der Waals surface area contributed by atoms with Gasteiger partial charge in [0.05, 0.1) is 29.3 Å². The number of fused-ring (bicyclic) bond motifs is 2. The third kappa shape index (κ3) is 3.04. The number of benzene rings is 2. The Labute approximate surface area is 148 Å². The molecule has 1 N–H and O–H groups in total. The minimum Gasteiger partial charge on any atom is -0.353 e. The van der Waals surface area contributed by atoms with Crippen LogP contribution in [0.3, 0.4) is 0 Å². The zero-order valence-electron chi connectivity index (χ0n) is 13.9. The van der Waals surface area contributed by atoms with Gasteiger partial charge in [-0.25, -0.2) is 9.67 Å². The Hall–Kier alpha value is -3.55. The summed E-state index contributed by atoms with van der Waals surface area (Å²) < 4.78 is 3.04. The third-order valence-corrected chi connectivity index (χ3v) is 4.12. The normalized spacial score (nSPS) is 11.1. The number of carbonyl (C=O) groups is 1. The maximum absolute atomic E-state index is 12.3. The molecule has 0 aliphatic rings. The fraction of sp³-hybridized carbons (Fsp3) is 0.167. The molecule has 0 saturated carbocycles. The topological polar surface area (TPSA) is 94.7 Å². The highest BCUT2D eigenvalue weighted by Crippen LogP contribution is 2.11. The van der Waals surface area contributed by atoms with E-state index in [1.165, 1.54) is 4.68 Å². The minimum absolute atomic E-state index is 0.157. The Kier molecular flexibility index (Phi) is 4.14. The molecule has 4 aromatic rings. The molecule has 0 unspecified atom stereocenters. The smallest absolute Gasteiger partial charge is 0.277 e. The van der Waals surface area contributed by atoms with Crippen molar-refractivity contribution in [2.75, 3.05) is 6.54 Å². The lowest BCUT2D eigenvalue weighted by molar-refractivity contribution is -0.121. The van der Waals surface area contributed by atoms with Gasteiger partial charge >= 0.3 is 0 Å². The van der Waals surface area contributed by atoms with Gasteiger partial charge in [0.25, 0.3) is 5.56 Å². The summed E-state index contributed by atoms with van der Waals surface area (Å²) in [6, 6.07) is 14.7. The fourth-order valence-corrected chi connectivity index (χ4v) is 2.82. The summed E-state index contributed by atoms with van der Waals surface area (Å²) in [7, 11) is 0. The number of imidazole rings is 1. The van der Waals surface area contributed by atoms with Crippen LogP contribution in [0.25, 0.3) is 21.9 Å². The van der Waals surface area contributed by atoms with Crippen molar-refractivity contribution in [2.45, 2.75) is 13.1 Å². The zero-order chi connectivity index (χ0) is 17.9. The molecular weight excluding hydrogens is 332 g/mol. The number of para-hydroxylation sites is 2. The third-order valence-electron chi connectivity index (χ3n) is 4.12. The minimum atomic E-state index is -0.217. The molecule has 2 aromatic carbocycles. The lowest BCUT2D eigenvalue weighted by Gasteiger charge is -2.08. The number of nitrogens with zero attached hydrogens (tertiary/aromatic N) is 5. The van der Waals surface area contributed by atoms with Gasteiger partial charge in [0, 0.05) is 6.54 Å². The molecule has 0 radical (unpaired) electrons. The van der Waals surface area contributed by atoms with Crippen molar-refractivity contribution in [3.8, 4) is 0 Å². The summed E-state index contributed by atoms with van der Waals surface area (Å²) in [4.78, 5) is 28.8. The highest BCUT2D eigenvalue weighted by Gasteiger charge is 2.08. The molecule has 130 valence electrons. The second-order valence-corrected chi connectivity index (χ2v) is 5.85. The van der Waals surface area contributed by atoms with Crippen molar-refractivity contribution in [3.63, 3.8) is 0 Å². The van der Waals surface area contributed by atoms with E-state index in [4.69, 9.17) is 0 Å². The Morgan fingerprint density at radius 3 is 2.69 bits per heavy atom. The van der Waals surface area contributed by atoms with Crippen LogP contribution in [0.5, 0.6) is 0 Å². The lowest BCUT2D eigenvalue weighted by Crippen LogP contribution is -2.34. The van der Waals surface area contributed by atoms with Crippen LogP contribution in [0.15, 0.2) is 59.7 Å². The number of hydrogen-bond donors (Lipinski definition) is 1. The SMILES string of the molecule is O=C(Cn1cnc2ccccc21)NCCn1nnc2ccccc2c1=O. The van der Waals surface area contributed by atoms with Crippen LogP contribution in [-0.2, 0) is 17.9 Å². The number of rotatable bonds is 5. The molecule has 0 aliphatic heterocycles. The molecule has 0 bridgehead atoms. The average Bonchev–Trinajstić information content (AvgIpc) is 3.07. The predicted octanol–water partition coefficient (Wildman–Crippen LogP) is 0.958. The molecule has 1 amide bonds. The van der Waals surface area contributed by atoms with E-state index < -0.39 is 0 Å². The maximum atomic E-state index is 12.3. The van der Waals surface area contributed by atoms with Crippen molar-refractivity contribution >= 4 is 27.8 Å². The molecule has 8 nitrogen and oxygen atoms in total. The first-order chi connectivity index (χ1) is 12.7. The van der Waals surface area contributed by atoms with E-state index in [9.17, 15) is 9.59 Å². The van der Waals surface area contributed by atoms with Crippen LogP contribution in [0.2, 0.25) is 0 Å². The van der Waals surface area contributed by atoms with Gasteiger partial charge in [-0.3, -0.25) is 9.59 Å². The van der Waals surface area contributed by atoms with Crippen molar-refractivity contribution in [3.05, 3.63) is 65.2 Å². The molecule has 0 atom stereocenters. The van der Waals surface area contributed by atoms with Crippen LogP contribution in [0.4, 0.5) is 0 Å². The van der Waals surface area contributed by atoms with Crippen molar-refractivity contribution in [1.82, 2.24) is 29.9 Å². The van der Waals surface area contributed by atoms with Gasteiger partial charge in [0.2, 0.25) is 5.91 Å². The van der Waals surface area contributed by atoms with Gasteiger partial charge in [0.1, 0.15) is 12.1 Å². The van der Waals surface area contributed by atoms with Gasteiger partial charge in [-0.1, -0.05) is 29.5 Å². The molecule has 4 rings (SSSR count). The summed E-state index contributed by atoms with van der Waals surface area (Å²) in [5.41, 5.74) is 2.09. The zero-order valence-corrected chi connectivity index (χ0v) is 13.9. The molecule has 0 aliphatic carbocycles. The van der Waals surface area contributed by atoms with Gasteiger partial charge in [0.15, 0.2) is 0 Å². The Morgan fingerprint density at radius 2 is 1.81 bits per heavy atom. The number of nitrogens with one attached hydrogen (secondary N) is 1. The summed E-state index contributed by atoms with van der Waals surface area (Å²) in [6.45, 7) is 0.713. The molecular formula is C18H16N6O2. The Balaban J connectivity index is 1.39. The number of amides is 1. The molecule has 8 heteroatoms. The van der Waals surface area contributed by atoms with Crippen LogP contribution < -0.4 is 10.9 Å². The van der Waals surface area contributed by atoms with Gasteiger partial charge in [-0.05, 0) is 24.3 Å². The molecule has 0 fully saturated rings. The van der Waals surface area contributed by atoms with Crippen LogP contribution in [0, 0.1) is 0 Å². The lowest BCUT2D eigenvalue weighted by atomic mass is 10.2. The molecule has 0 spiro atoms. The van der Waals surface area contributed by atoms with E-state index >= 15 is 0 Å². The average molecular weight is 348 g/mol. The van der Waals surface area contributed by atoms with Crippen molar-refractivity contribution < 1.29 is 4.79 Å². The largest absolute Gasteiger partial charge is 0.353 e. The van der Waals surface area contributed by atoms with Gasteiger partial charge < -0.3 is 9.88 Å². The van der Waals surface area contributed by atoms with E-state index in [1.54, 1.807) is 35.2 Å². The Bertz CT molecular complexity index is 1150. The quantitative estimate of drug-likeness (QED) is 0.580. The highest BCUT2D eigenvalue weighted by atomic mass is 16.2. The molecule has 2 aromatic heterocycles. The van der Waals surface area contributed by atoms with E-state index in [0.29, 0.717) is 17.4 Å². The second kappa shape index (κ2) is 6.75. The van der Waals surface area contributed by atoms with E-state index in [-0.39, 0.29) is 24.6 Å². The molecule has 26 heavy (non-hydrogen) atoms. The van der Waals surface area contributed by atoms with E-state index in [2.05, 4.69) is 20.6 Å². The summed E-state index contributed by atoms with van der Waals surface area (Å²) in [5, 5.41) is 11.2. The standard InChI is InChI=1S/C18H16N6O2/c25-17(11-23-12-20-15-7-3-4-8-16(15)23)19-9-10-24-18(26)13-5-1-2-6-14(13)21-22-24/h1-8,12H,9-11H2,(H,19,25). The first kappa shape index (κ1) is 15.9. The maximum Gasteiger partial charge on any atom is 0.277 e. The summed E-state index contributed by atoms with van der Waals surface area (Å²) in [6.07, 6.45) is 1.64. The van der Waals surface area contributed by atoms with Gasteiger partial charge in [-0.2, -0.15) is 0 Å². The summed E-state index contributed by atoms with van der Waals surface area (Å²) >= 11 is 0. The molecule has 2 heterocycles. The monoisotopic (exact) mass is 348 g/mol. The second-order valence-electron chi connectivity index (χ2n) is 5.85. The van der Waals surface area contributed by atoms with Crippen LogP contribution in [-0.4, -0.2) is 37.0 Å². The van der Waals surface area contributed by atoms with E-state index in [0.717, 1.165) is 11.0 Å². The predicted molar refractivity (Wildman–Crippen MR) is 96.5 cm³/mol. The number of aromatic nitrogens is 5. The van der Waals surface area contributed by atoms with Gasteiger partial charge in [-0.15, -0.1) is 5.10 Å². The van der Waals surface area contributed by atoms with Crippen molar-refractivity contribution in [1.29, 1.82) is 0 Å². The Morgan fingerprint density at radius 1 is 1.04 bits per heavy atom. The van der Waals surface area contributed by atoms with Crippen LogP contribution in [0.1, 0.15) is 0 Å². The van der Waals surface area contributed by atoms with Crippen LogP contribution >= 0.6 is 0 Å². The van der Waals surface area contributed by atoms with E-state index in [1.807, 2.05) is 24.3 Å². The first-order valence-electron chi connectivity index (χ1n) is 8.21. The first-order valence-corrected chi connectivity index (χ1v) is 8.21. The fourth-order valence-electron chi connectivity index (χ4n) is 2.82. The highest BCUT2D eigenvalue weighted by molar-refractivity contribution is 5.80. The molecule has 0 saturated heterocycles. The summed E-state index contributed by atoms with van der Waals surface area (Å²) in [5.74, 6) is -0.157.